The highest BCUT2D eigenvalue weighted by atomic mass is 79.9. The lowest BCUT2D eigenvalue weighted by Crippen LogP contribution is -2.33. The maximum absolute atomic E-state index is 12.1. The van der Waals surface area contributed by atoms with E-state index in [1.54, 1.807) is 54.6 Å². The van der Waals surface area contributed by atoms with Gasteiger partial charge in [0.2, 0.25) is 0 Å². The topological polar surface area (TPSA) is 66.4 Å². The number of carbonyl (C=O) groups excluding carboxylic acids is 1. The molecule has 2 rings (SSSR count). The van der Waals surface area contributed by atoms with Crippen LogP contribution in [-0.2, 0) is 4.79 Å². The van der Waals surface area contributed by atoms with Gasteiger partial charge in [-0.1, -0.05) is 52.3 Å². The van der Waals surface area contributed by atoms with Gasteiger partial charge in [-0.3, -0.25) is 4.79 Å². The van der Waals surface area contributed by atoms with Gasteiger partial charge in [0.1, 0.15) is 0 Å². The summed E-state index contributed by atoms with van der Waals surface area (Å²) < 4.78 is 0.761. The van der Waals surface area contributed by atoms with Crippen LogP contribution in [0.25, 0.3) is 0 Å². The van der Waals surface area contributed by atoms with Crippen LogP contribution in [0.1, 0.15) is 22.0 Å². The van der Waals surface area contributed by atoms with E-state index in [1.807, 2.05) is 0 Å². The van der Waals surface area contributed by atoms with Crippen molar-refractivity contribution in [3.8, 4) is 0 Å². The number of hydrogen-bond acceptors (Lipinski definition) is 2. The van der Waals surface area contributed by atoms with E-state index in [4.69, 9.17) is 0 Å². The normalized spacial score (nSPS) is 11.7. The van der Waals surface area contributed by atoms with E-state index < -0.39 is 17.9 Å². The Bertz CT molecular complexity index is 628. The van der Waals surface area contributed by atoms with Gasteiger partial charge in [0.15, 0.2) is 6.04 Å². The summed E-state index contributed by atoms with van der Waals surface area (Å²) in [6.45, 7) is 0. The van der Waals surface area contributed by atoms with E-state index in [9.17, 15) is 14.7 Å². The molecule has 20 heavy (non-hydrogen) atoms. The maximum Gasteiger partial charge on any atom is 0.330 e. The average Bonchev–Trinajstić information content (AvgIpc) is 2.45. The SMILES string of the molecule is O=C(N[C@H](C(=O)O)c1ccccc1)c1cccc(Br)c1. The van der Waals surface area contributed by atoms with Crippen LogP contribution in [0, 0.1) is 0 Å². The number of aliphatic carboxylic acids is 1. The lowest BCUT2D eigenvalue weighted by molar-refractivity contribution is -0.139. The van der Waals surface area contributed by atoms with Gasteiger partial charge in [-0.25, -0.2) is 4.79 Å². The molecule has 0 saturated heterocycles. The Morgan fingerprint density at radius 3 is 2.35 bits per heavy atom. The molecule has 1 atom stereocenters. The summed E-state index contributed by atoms with van der Waals surface area (Å²) in [4.78, 5) is 23.4. The number of amides is 1. The summed E-state index contributed by atoms with van der Waals surface area (Å²) in [6.07, 6.45) is 0. The van der Waals surface area contributed by atoms with E-state index >= 15 is 0 Å². The van der Waals surface area contributed by atoms with Crippen LogP contribution in [-0.4, -0.2) is 17.0 Å². The molecule has 0 aromatic heterocycles. The Kier molecular flexibility index (Phi) is 4.53. The highest BCUT2D eigenvalue weighted by Crippen LogP contribution is 2.16. The summed E-state index contributed by atoms with van der Waals surface area (Å²) >= 11 is 3.27. The third kappa shape index (κ3) is 3.45. The number of halogens is 1. The predicted molar refractivity (Wildman–Crippen MR) is 78.4 cm³/mol. The van der Waals surface area contributed by atoms with Gasteiger partial charge in [-0.2, -0.15) is 0 Å². The molecule has 0 spiro atoms. The van der Waals surface area contributed by atoms with Gasteiger partial charge >= 0.3 is 5.97 Å². The van der Waals surface area contributed by atoms with Crippen molar-refractivity contribution in [1.82, 2.24) is 5.32 Å². The van der Waals surface area contributed by atoms with E-state index in [2.05, 4.69) is 21.2 Å². The fraction of sp³-hybridized carbons (Fsp3) is 0.0667. The molecule has 0 aliphatic rings. The molecule has 0 bridgehead atoms. The molecule has 2 N–H and O–H groups in total. The molecule has 0 saturated carbocycles. The van der Waals surface area contributed by atoms with Crippen molar-refractivity contribution in [1.29, 1.82) is 0 Å². The smallest absolute Gasteiger partial charge is 0.330 e. The van der Waals surface area contributed by atoms with E-state index in [0.29, 0.717) is 11.1 Å². The fourth-order valence-corrected chi connectivity index (χ4v) is 2.18. The second kappa shape index (κ2) is 6.34. The average molecular weight is 334 g/mol. The van der Waals surface area contributed by atoms with Crippen molar-refractivity contribution in [2.45, 2.75) is 6.04 Å². The molecule has 5 heteroatoms. The number of nitrogens with one attached hydrogen (secondary N) is 1. The molecule has 0 fully saturated rings. The molecular weight excluding hydrogens is 322 g/mol. The minimum atomic E-state index is -1.10. The summed E-state index contributed by atoms with van der Waals surface area (Å²) in [5.74, 6) is -1.53. The summed E-state index contributed by atoms with van der Waals surface area (Å²) in [7, 11) is 0. The predicted octanol–water partition coefficient (Wildman–Crippen LogP) is 3.00. The van der Waals surface area contributed by atoms with Crippen LogP contribution in [0.4, 0.5) is 0 Å². The van der Waals surface area contributed by atoms with E-state index in [-0.39, 0.29) is 0 Å². The van der Waals surface area contributed by atoms with Crippen LogP contribution < -0.4 is 5.32 Å². The van der Waals surface area contributed by atoms with Crippen LogP contribution >= 0.6 is 15.9 Å². The van der Waals surface area contributed by atoms with E-state index in [0.717, 1.165) is 4.47 Å². The van der Waals surface area contributed by atoms with Gasteiger partial charge in [0, 0.05) is 10.0 Å². The molecule has 102 valence electrons. The zero-order valence-electron chi connectivity index (χ0n) is 10.4. The largest absolute Gasteiger partial charge is 0.479 e. The first kappa shape index (κ1) is 14.3. The van der Waals surface area contributed by atoms with Crippen molar-refractivity contribution in [2.24, 2.45) is 0 Å². The highest BCUT2D eigenvalue weighted by Gasteiger charge is 2.22. The summed E-state index contributed by atoms with van der Waals surface area (Å²) in [5.41, 5.74) is 0.935. The maximum atomic E-state index is 12.1. The monoisotopic (exact) mass is 333 g/mol. The van der Waals surface area contributed by atoms with Crippen molar-refractivity contribution in [3.63, 3.8) is 0 Å². The third-order valence-electron chi connectivity index (χ3n) is 2.74. The number of carbonyl (C=O) groups is 2. The van der Waals surface area contributed by atoms with Crippen molar-refractivity contribution >= 4 is 27.8 Å². The van der Waals surface area contributed by atoms with Gasteiger partial charge in [-0.05, 0) is 23.8 Å². The summed E-state index contributed by atoms with van der Waals surface area (Å²) in [5, 5.41) is 11.8. The Morgan fingerprint density at radius 2 is 1.75 bits per heavy atom. The number of carboxylic acids is 1. The van der Waals surface area contributed by atoms with Crippen LogP contribution in [0.15, 0.2) is 59.1 Å². The van der Waals surface area contributed by atoms with Gasteiger partial charge in [0.25, 0.3) is 5.91 Å². The quantitative estimate of drug-likeness (QED) is 0.903. The molecule has 0 aliphatic carbocycles. The van der Waals surface area contributed by atoms with Crippen LogP contribution in [0.2, 0.25) is 0 Å². The van der Waals surface area contributed by atoms with Gasteiger partial charge < -0.3 is 10.4 Å². The number of carboxylic acid groups (broad SMARTS) is 1. The molecular formula is C15H12BrNO3. The molecule has 2 aromatic carbocycles. The molecule has 0 aliphatic heterocycles. The minimum Gasteiger partial charge on any atom is -0.479 e. The second-order valence-corrected chi connectivity index (χ2v) is 5.08. The minimum absolute atomic E-state index is 0.404. The molecule has 1 amide bonds. The molecule has 0 radical (unpaired) electrons. The molecule has 2 aromatic rings. The summed E-state index contributed by atoms with van der Waals surface area (Å²) in [6, 6.07) is 14.3. The van der Waals surface area contributed by atoms with Crippen molar-refractivity contribution in [2.75, 3.05) is 0 Å². The van der Waals surface area contributed by atoms with Crippen LogP contribution in [0.5, 0.6) is 0 Å². The highest BCUT2D eigenvalue weighted by molar-refractivity contribution is 9.10. The lowest BCUT2D eigenvalue weighted by Gasteiger charge is -2.15. The molecule has 0 unspecified atom stereocenters. The zero-order valence-corrected chi connectivity index (χ0v) is 12.0. The first-order chi connectivity index (χ1) is 9.58. The van der Waals surface area contributed by atoms with Gasteiger partial charge in [-0.15, -0.1) is 0 Å². The van der Waals surface area contributed by atoms with Crippen molar-refractivity contribution < 1.29 is 14.7 Å². The first-order valence-electron chi connectivity index (χ1n) is 5.92. The lowest BCUT2D eigenvalue weighted by atomic mass is 10.1. The van der Waals surface area contributed by atoms with E-state index in [1.165, 1.54) is 0 Å². The number of hydrogen-bond donors (Lipinski definition) is 2. The van der Waals surface area contributed by atoms with Crippen molar-refractivity contribution in [3.05, 3.63) is 70.2 Å². The Labute approximate surface area is 124 Å². The Morgan fingerprint density at radius 1 is 1.05 bits per heavy atom. The molecule has 0 heterocycles. The van der Waals surface area contributed by atoms with Crippen LogP contribution in [0.3, 0.4) is 0 Å². The Hall–Kier alpha value is -2.14. The Balaban J connectivity index is 2.21. The third-order valence-corrected chi connectivity index (χ3v) is 3.24. The zero-order chi connectivity index (χ0) is 14.5. The number of benzene rings is 2. The number of rotatable bonds is 4. The first-order valence-corrected chi connectivity index (χ1v) is 6.71. The fourth-order valence-electron chi connectivity index (χ4n) is 1.78. The van der Waals surface area contributed by atoms with Gasteiger partial charge in [0.05, 0.1) is 0 Å². The molecule has 4 nitrogen and oxygen atoms in total. The second-order valence-electron chi connectivity index (χ2n) is 4.17. The standard InChI is InChI=1S/C15H12BrNO3/c16-12-8-4-7-11(9-12)14(18)17-13(15(19)20)10-5-2-1-3-6-10/h1-9,13H,(H,17,18)(H,19,20)/t13-/m0/s1.